The maximum Gasteiger partial charge on any atom is 0.183 e. The van der Waals surface area contributed by atoms with E-state index >= 15 is 0 Å². The second-order valence-corrected chi connectivity index (χ2v) is 4.55. The van der Waals surface area contributed by atoms with Crippen LogP contribution in [0.25, 0.3) is 0 Å². The lowest BCUT2D eigenvalue weighted by molar-refractivity contribution is -0.276. The van der Waals surface area contributed by atoms with Crippen LogP contribution in [0, 0.1) is 0 Å². The molecule has 1 heterocycles. The van der Waals surface area contributed by atoms with Crippen LogP contribution >= 0.6 is 11.8 Å². The molecule has 0 spiro atoms. The third-order valence-electron chi connectivity index (χ3n) is 2.23. The van der Waals surface area contributed by atoms with Crippen molar-refractivity contribution in [3.63, 3.8) is 0 Å². The Hall–Kier alpha value is 0.110. The third-order valence-corrected chi connectivity index (χ3v) is 3.32. The number of ether oxygens (including phenoxy) is 1. The Labute approximate surface area is 92.0 Å². The number of thioether (sulfide) groups is 1. The van der Waals surface area contributed by atoms with Crippen LogP contribution in [0.15, 0.2) is 0 Å². The normalized spacial score (nSPS) is 41.8. The van der Waals surface area contributed by atoms with Gasteiger partial charge in [0.1, 0.15) is 18.3 Å². The summed E-state index contributed by atoms with van der Waals surface area (Å²) in [6.07, 6.45) is -6.16. The minimum absolute atomic E-state index is 0.416. The van der Waals surface area contributed by atoms with Gasteiger partial charge in [0.2, 0.25) is 0 Å². The molecule has 0 bridgehead atoms. The van der Waals surface area contributed by atoms with Crippen molar-refractivity contribution in [2.75, 3.05) is 18.1 Å². The molecule has 0 aromatic rings. The van der Waals surface area contributed by atoms with Crippen LogP contribution in [0.2, 0.25) is 0 Å². The first kappa shape index (κ1) is 13.2. The zero-order valence-corrected chi connectivity index (χ0v) is 9.01. The molecule has 5 unspecified atom stereocenters. The van der Waals surface area contributed by atoms with E-state index in [0.29, 0.717) is 18.1 Å². The second-order valence-electron chi connectivity index (χ2n) is 3.40. The van der Waals surface area contributed by atoms with Crippen LogP contribution < -0.4 is 5.73 Å². The van der Waals surface area contributed by atoms with E-state index in [1.54, 1.807) is 0 Å². The molecule has 0 radical (unpaired) electrons. The summed E-state index contributed by atoms with van der Waals surface area (Å²) in [5.74, 6) is 1.13. The first-order valence-corrected chi connectivity index (χ1v) is 5.89. The molecule has 90 valence electrons. The fraction of sp³-hybridized carbons (Fsp3) is 1.00. The Balaban J connectivity index is 2.43. The van der Waals surface area contributed by atoms with Crippen LogP contribution in [-0.2, 0) is 4.74 Å². The van der Waals surface area contributed by atoms with Crippen LogP contribution in [0.5, 0.6) is 0 Å². The summed E-state index contributed by atoms with van der Waals surface area (Å²) in [7, 11) is 0. The zero-order chi connectivity index (χ0) is 11.4. The van der Waals surface area contributed by atoms with Gasteiger partial charge in [0.15, 0.2) is 6.29 Å². The predicted molar refractivity (Wildman–Crippen MR) is 55.3 cm³/mol. The molecule has 1 saturated heterocycles. The van der Waals surface area contributed by atoms with Crippen molar-refractivity contribution in [2.24, 2.45) is 5.73 Å². The van der Waals surface area contributed by atoms with E-state index < -0.39 is 30.7 Å². The maximum atomic E-state index is 9.53. The van der Waals surface area contributed by atoms with Crippen molar-refractivity contribution in [1.29, 1.82) is 0 Å². The van der Waals surface area contributed by atoms with Gasteiger partial charge in [-0.1, -0.05) is 0 Å². The Morgan fingerprint density at radius 2 is 1.73 bits per heavy atom. The van der Waals surface area contributed by atoms with E-state index in [9.17, 15) is 20.4 Å². The van der Waals surface area contributed by atoms with Crippen molar-refractivity contribution in [3.05, 3.63) is 0 Å². The summed E-state index contributed by atoms with van der Waals surface area (Å²) < 4.78 is 4.96. The molecule has 0 aromatic carbocycles. The smallest absolute Gasteiger partial charge is 0.183 e. The van der Waals surface area contributed by atoms with Crippen molar-refractivity contribution in [2.45, 2.75) is 30.7 Å². The van der Waals surface area contributed by atoms with Crippen LogP contribution in [0.4, 0.5) is 0 Å². The molecule has 7 heteroatoms. The Morgan fingerprint density at radius 1 is 1.07 bits per heavy atom. The van der Waals surface area contributed by atoms with E-state index in [1.165, 1.54) is 11.8 Å². The van der Waals surface area contributed by atoms with Crippen LogP contribution in [0.1, 0.15) is 0 Å². The highest BCUT2D eigenvalue weighted by Crippen LogP contribution is 2.22. The summed E-state index contributed by atoms with van der Waals surface area (Å²) in [6, 6.07) is 0. The maximum absolute atomic E-state index is 9.53. The van der Waals surface area contributed by atoms with E-state index in [2.05, 4.69) is 0 Å². The molecule has 1 aliphatic heterocycles. The summed E-state index contributed by atoms with van der Waals surface area (Å²) in [5, 5.41) is 37.3. The Morgan fingerprint density at radius 3 is 2.33 bits per heavy atom. The first-order chi connectivity index (χ1) is 7.07. The van der Waals surface area contributed by atoms with Gasteiger partial charge in [-0.15, -0.1) is 0 Å². The quantitative estimate of drug-likeness (QED) is 0.344. The number of rotatable bonds is 4. The summed E-state index contributed by atoms with van der Waals surface area (Å²) in [4.78, 5) is 0. The first-order valence-electron chi connectivity index (χ1n) is 4.73. The lowest BCUT2D eigenvalue weighted by atomic mass is 10.0. The highest BCUT2D eigenvalue weighted by Gasteiger charge is 2.42. The summed E-state index contributed by atoms with van der Waals surface area (Å²) >= 11 is 1.45. The van der Waals surface area contributed by atoms with Gasteiger partial charge in [0, 0.05) is 18.1 Å². The molecule has 0 amide bonds. The summed E-state index contributed by atoms with van der Waals surface area (Å²) in [5.41, 5.74) is 5.29. The predicted octanol–water partition coefficient (Wildman–Crippen LogP) is -2.52. The molecule has 1 rings (SSSR count). The van der Waals surface area contributed by atoms with E-state index in [-0.39, 0.29) is 0 Å². The molecule has 1 fully saturated rings. The van der Waals surface area contributed by atoms with Gasteiger partial charge in [-0.3, -0.25) is 0 Å². The van der Waals surface area contributed by atoms with Gasteiger partial charge in [0.25, 0.3) is 0 Å². The van der Waals surface area contributed by atoms with Crippen molar-refractivity contribution < 1.29 is 25.2 Å². The van der Waals surface area contributed by atoms with Crippen LogP contribution in [-0.4, -0.2) is 69.2 Å². The highest BCUT2D eigenvalue weighted by atomic mass is 32.2. The monoisotopic (exact) mass is 239 g/mol. The fourth-order valence-corrected chi connectivity index (χ4v) is 2.19. The van der Waals surface area contributed by atoms with Gasteiger partial charge in [-0.05, 0) is 0 Å². The topological polar surface area (TPSA) is 116 Å². The molecule has 0 aliphatic carbocycles. The number of aliphatic hydroxyl groups is 4. The zero-order valence-electron chi connectivity index (χ0n) is 8.19. The molecular formula is C8H17NO5S. The Kier molecular flexibility index (Phi) is 5.27. The third kappa shape index (κ3) is 3.28. The summed E-state index contributed by atoms with van der Waals surface area (Å²) in [6.45, 7) is 0.515. The second kappa shape index (κ2) is 6.00. The minimum atomic E-state index is -1.46. The van der Waals surface area contributed by atoms with Gasteiger partial charge in [0.05, 0.1) is 6.10 Å². The molecule has 5 atom stereocenters. The largest absolute Gasteiger partial charge is 0.388 e. The number of aliphatic hydroxyl groups excluding tert-OH is 4. The Bertz CT molecular complexity index is 196. The molecule has 0 saturated carbocycles. The van der Waals surface area contributed by atoms with Gasteiger partial charge in [-0.25, -0.2) is 0 Å². The van der Waals surface area contributed by atoms with E-state index in [1.807, 2.05) is 0 Å². The molecule has 15 heavy (non-hydrogen) atoms. The SMILES string of the molecule is NCCSCC1OC(O)C(O)C(O)C1O. The molecular weight excluding hydrogens is 222 g/mol. The van der Waals surface area contributed by atoms with Crippen LogP contribution in [0.3, 0.4) is 0 Å². The average molecular weight is 239 g/mol. The average Bonchev–Trinajstić information content (AvgIpc) is 2.23. The minimum Gasteiger partial charge on any atom is -0.388 e. The standard InChI is InChI=1S/C8H17NO5S/c9-1-2-15-3-4-5(10)6(11)7(12)8(13)14-4/h4-8,10-13H,1-3,9H2. The molecule has 6 nitrogen and oxygen atoms in total. The number of hydrogen-bond donors (Lipinski definition) is 5. The highest BCUT2D eigenvalue weighted by molar-refractivity contribution is 7.99. The lowest BCUT2D eigenvalue weighted by Gasteiger charge is -2.38. The van der Waals surface area contributed by atoms with Gasteiger partial charge in [-0.2, -0.15) is 11.8 Å². The molecule has 6 N–H and O–H groups in total. The molecule has 0 aromatic heterocycles. The van der Waals surface area contributed by atoms with E-state index in [0.717, 1.165) is 0 Å². The number of hydrogen-bond acceptors (Lipinski definition) is 7. The van der Waals surface area contributed by atoms with Crippen molar-refractivity contribution >= 4 is 11.8 Å². The van der Waals surface area contributed by atoms with Gasteiger partial charge >= 0.3 is 0 Å². The van der Waals surface area contributed by atoms with Crippen molar-refractivity contribution in [1.82, 2.24) is 0 Å². The van der Waals surface area contributed by atoms with Crippen molar-refractivity contribution in [3.8, 4) is 0 Å². The number of nitrogens with two attached hydrogens (primary N) is 1. The fourth-order valence-electron chi connectivity index (χ4n) is 1.35. The van der Waals surface area contributed by atoms with Gasteiger partial charge < -0.3 is 30.9 Å². The van der Waals surface area contributed by atoms with E-state index in [4.69, 9.17) is 10.5 Å². The molecule has 1 aliphatic rings. The lowest BCUT2D eigenvalue weighted by Crippen LogP contribution is -2.58.